The van der Waals surface area contributed by atoms with E-state index in [9.17, 15) is 0 Å². The number of hydrogen-bond donors (Lipinski definition) is 1. The van der Waals surface area contributed by atoms with E-state index in [0.29, 0.717) is 0 Å². The van der Waals surface area contributed by atoms with Crippen molar-refractivity contribution in [3.8, 4) is 5.82 Å². The Bertz CT molecular complexity index is 654. The molecule has 0 bridgehead atoms. The number of aryl methyl sites for hydroxylation is 1. The smallest absolute Gasteiger partial charge is 0.223 e. The lowest BCUT2D eigenvalue weighted by molar-refractivity contribution is 0.940. The van der Waals surface area contributed by atoms with Crippen LogP contribution in [0.25, 0.3) is 16.0 Å². The first kappa shape index (κ1) is 9.29. The summed E-state index contributed by atoms with van der Waals surface area (Å²) in [5.41, 5.74) is 5.69. The SMILES string of the molecule is Cc1nccn1-c1nc(N)nc2sccc12. The molecule has 0 aromatic carbocycles. The van der Waals surface area contributed by atoms with Gasteiger partial charge in [0, 0.05) is 12.4 Å². The number of hydrogen-bond acceptors (Lipinski definition) is 5. The maximum Gasteiger partial charge on any atom is 0.223 e. The minimum absolute atomic E-state index is 0.290. The van der Waals surface area contributed by atoms with Gasteiger partial charge in [0.1, 0.15) is 10.7 Å². The monoisotopic (exact) mass is 231 g/mol. The molecule has 0 saturated heterocycles. The second-order valence-electron chi connectivity index (χ2n) is 3.39. The Balaban J connectivity index is 2.38. The van der Waals surface area contributed by atoms with E-state index in [1.807, 2.05) is 29.1 Å². The fourth-order valence-electron chi connectivity index (χ4n) is 1.64. The van der Waals surface area contributed by atoms with Gasteiger partial charge in [0.15, 0.2) is 5.82 Å². The number of fused-ring (bicyclic) bond motifs is 1. The molecule has 2 N–H and O–H groups in total. The predicted molar refractivity (Wildman–Crippen MR) is 63.7 cm³/mol. The highest BCUT2D eigenvalue weighted by Gasteiger charge is 2.10. The standard InChI is InChI=1S/C10H9N5S/c1-6-12-3-4-15(6)8-7-2-5-16-9(7)14-10(11)13-8/h2-5H,1H3,(H2,11,13,14). The summed E-state index contributed by atoms with van der Waals surface area (Å²) in [6, 6.07) is 1.99. The molecule has 3 aromatic heterocycles. The van der Waals surface area contributed by atoms with Crippen molar-refractivity contribution in [2.75, 3.05) is 5.73 Å². The Hall–Kier alpha value is -1.95. The van der Waals surface area contributed by atoms with Gasteiger partial charge in [0.2, 0.25) is 5.95 Å². The molecule has 0 aliphatic carbocycles. The summed E-state index contributed by atoms with van der Waals surface area (Å²) in [5.74, 6) is 1.96. The third-order valence-corrected chi connectivity index (χ3v) is 3.18. The zero-order valence-electron chi connectivity index (χ0n) is 8.58. The largest absolute Gasteiger partial charge is 0.368 e. The molecule has 0 spiro atoms. The summed E-state index contributed by atoms with van der Waals surface area (Å²) in [7, 11) is 0. The molecule has 80 valence electrons. The van der Waals surface area contributed by atoms with E-state index >= 15 is 0 Å². The van der Waals surface area contributed by atoms with Crippen LogP contribution in [0.3, 0.4) is 0 Å². The molecule has 0 aliphatic rings. The minimum Gasteiger partial charge on any atom is -0.368 e. The van der Waals surface area contributed by atoms with Gasteiger partial charge in [0.05, 0.1) is 5.39 Å². The van der Waals surface area contributed by atoms with Crippen LogP contribution in [0.15, 0.2) is 23.8 Å². The van der Waals surface area contributed by atoms with Crippen molar-refractivity contribution < 1.29 is 0 Å². The molecule has 0 unspecified atom stereocenters. The zero-order chi connectivity index (χ0) is 11.1. The van der Waals surface area contributed by atoms with E-state index in [0.717, 1.165) is 21.9 Å². The zero-order valence-corrected chi connectivity index (χ0v) is 9.40. The van der Waals surface area contributed by atoms with Gasteiger partial charge >= 0.3 is 0 Å². The molecule has 0 atom stereocenters. The minimum atomic E-state index is 0.290. The van der Waals surface area contributed by atoms with Crippen molar-refractivity contribution in [2.45, 2.75) is 6.92 Å². The first-order valence-electron chi connectivity index (χ1n) is 4.77. The maximum absolute atomic E-state index is 5.69. The quantitative estimate of drug-likeness (QED) is 0.693. The van der Waals surface area contributed by atoms with E-state index in [-0.39, 0.29) is 5.95 Å². The van der Waals surface area contributed by atoms with Crippen LogP contribution in [-0.2, 0) is 0 Å². The second kappa shape index (κ2) is 3.28. The van der Waals surface area contributed by atoms with Crippen molar-refractivity contribution >= 4 is 27.5 Å². The van der Waals surface area contributed by atoms with Crippen LogP contribution in [-0.4, -0.2) is 19.5 Å². The number of nitrogens with two attached hydrogens (primary N) is 1. The molecule has 0 radical (unpaired) electrons. The highest BCUT2D eigenvalue weighted by atomic mass is 32.1. The third-order valence-electron chi connectivity index (χ3n) is 2.38. The summed E-state index contributed by atoms with van der Waals surface area (Å²) in [6.45, 7) is 1.93. The highest BCUT2D eigenvalue weighted by molar-refractivity contribution is 7.16. The highest BCUT2D eigenvalue weighted by Crippen LogP contribution is 2.25. The predicted octanol–water partition coefficient (Wildman–Crippen LogP) is 1.77. The average Bonchev–Trinajstić information content (AvgIpc) is 2.84. The molecule has 0 fully saturated rings. The lowest BCUT2D eigenvalue weighted by Gasteiger charge is -2.05. The number of aromatic nitrogens is 4. The van der Waals surface area contributed by atoms with E-state index in [4.69, 9.17) is 5.73 Å². The van der Waals surface area contributed by atoms with Crippen LogP contribution in [0.5, 0.6) is 0 Å². The number of thiophene rings is 1. The van der Waals surface area contributed by atoms with Gasteiger partial charge in [-0.2, -0.15) is 4.98 Å². The summed E-state index contributed by atoms with van der Waals surface area (Å²) in [4.78, 5) is 13.5. The van der Waals surface area contributed by atoms with Gasteiger partial charge in [-0.05, 0) is 18.4 Å². The second-order valence-corrected chi connectivity index (χ2v) is 4.28. The molecular formula is C10H9N5S. The topological polar surface area (TPSA) is 69.6 Å². The Morgan fingerprint density at radius 3 is 3.00 bits per heavy atom. The van der Waals surface area contributed by atoms with Gasteiger partial charge in [-0.15, -0.1) is 11.3 Å². The lowest BCUT2D eigenvalue weighted by atomic mass is 10.3. The van der Waals surface area contributed by atoms with Crippen molar-refractivity contribution in [1.82, 2.24) is 19.5 Å². The Morgan fingerprint density at radius 2 is 2.25 bits per heavy atom. The molecule has 0 amide bonds. The van der Waals surface area contributed by atoms with Gasteiger partial charge in [-0.25, -0.2) is 9.97 Å². The van der Waals surface area contributed by atoms with E-state index in [2.05, 4.69) is 15.0 Å². The van der Waals surface area contributed by atoms with Crippen LogP contribution in [0.2, 0.25) is 0 Å². The Kier molecular flexibility index (Phi) is 1.90. The first-order valence-corrected chi connectivity index (χ1v) is 5.65. The molecular weight excluding hydrogens is 222 g/mol. The van der Waals surface area contributed by atoms with Gasteiger partial charge < -0.3 is 5.73 Å². The molecule has 3 rings (SSSR count). The fraction of sp³-hybridized carbons (Fsp3) is 0.100. The molecule has 3 aromatic rings. The van der Waals surface area contributed by atoms with Crippen molar-refractivity contribution in [1.29, 1.82) is 0 Å². The molecule has 0 saturated carbocycles. The molecule has 5 nitrogen and oxygen atoms in total. The summed E-state index contributed by atoms with van der Waals surface area (Å²) < 4.78 is 1.91. The van der Waals surface area contributed by atoms with E-state index < -0.39 is 0 Å². The summed E-state index contributed by atoms with van der Waals surface area (Å²) >= 11 is 1.55. The van der Waals surface area contributed by atoms with Crippen LogP contribution < -0.4 is 5.73 Å². The summed E-state index contributed by atoms with van der Waals surface area (Å²) in [5, 5.41) is 2.98. The molecule has 16 heavy (non-hydrogen) atoms. The molecule has 6 heteroatoms. The summed E-state index contributed by atoms with van der Waals surface area (Å²) in [6.07, 6.45) is 3.61. The van der Waals surface area contributed by atoms with Crippen LogP contribution in [0.1, 0.15) is 5.82 Å². The number of rotatable bonds is 1. The van der Waals surface area contributed by atoms with E-state index in [1.54, 1.807) is 17.5 Å². The number of nitrogens with zero attached hydrogens (tertiary/aromatic N) is 4. The first-order chi connectivity index (χ1) is 7.75. The van der Waals surface area contributed by atoms with Gasteiger partial charge in [-0.3, -0.25) is 4.57 Å². The maximum atomic E-state index is 5.69. The van der Waals surface area contributed by atoms with Crippen molar-refractivity contribution in [3.05, 3.63) is 29.7 Å². The molecule has 0 aliphatic heterocycles. The van der Waals surface area contributed by atoms with Crippen molar-refractivity contribution in [2.24, 2.45) is 0 Å². The Morgan fingerprint density at radius 1 is 1.38 bits per heavy atom. The number of nitrogen functional groups attached to an aromatic ring is 1. The van der Waals surface area contributed by atoms with Gasteiger partial charge in [-0.1, -0.05) is 0 Å². The lowest BCUT2D eigenvalue weighted by Crippen LogP contribution is -2.03. The van der Waals surface area contributed by atoms with E-state index in [1.165, 1.54) is 0 Å². The number of anilines is 1. The molecule has 3 heterocycles. The van der Waals surface area contributed by atoms with Crippen LogP contribution in [0.4, 0.5) is 5.95 Å². The third kappa shape index (κ3) is 1.27. The fourth-order valence-corrected chi connectivity index (χ4v) is 2.41. The van der Waals surface area contributed by atoms with Crippen LogP contribution in [0, 0.1) is 6.92 Å². The van der Waals surface area contributed by atoms with Crippen molar-refractivity contribution in [3.63, 3.8) is 0 Å². The van der Waals surface area contributed by atoms with Gasteiger partial charge in [0.25, 0.3) is 0 Å². The normalized spacial score (nSPS) is 11.1. The average molecular weight is 231 g/mol. The van der Waals surface area contributed by atoms with Crippen LogP contribution >= 0.6 is 11.3 Å². The number of imidazole rings is 1. The Labute approximate surface area is 95.6 Å².